The molecule has 0 aliphatic heterocycles. The third-order valence-electron chi connectivity index (χ3n) is 3.58. The number of aryl methyl sites for hydroxylation is 1. The van der Waals surface area contributed by atoms with Crippen molar-refractivity contribution in [2.24, 2.45) is 0 Å². The molecule has 2 rings (SSSR count). The molecule has 5 nitrogen and oxygen atoms in total. The Balaban J connectivity index is 2.12. The molecule has 0 saturated carbocycles. The van der Waals surface area contributed by atoms with Crippen molar-refractivity contribution in [2.75, 3.05) is 19.0 Å². The van der Waals surface area contributed by atoms with E-state index in [1.54, 1.807) is 18.4 Å². The van der Waals surface area contributed by atoms with Gasteiger partial charge in [-0.1, -0.05) is 13.3 Å². The molecule has 2 N–H and O–H groups in total. The van der Waals surface area contributed by atoms with E-state index >= 15 is 0 Å². The van der Waals surface area contributed by atoms with E-state index < -0.39 is 11.9 Å². The molecular formula is C14H22N2O3S. The lowest BCUT2D eigenvalue weighted by atomic mass is 9.91. The van der Waals surface area contributed by atoms with Crippen molar-refractivity contribution in [1.82, 2.24) is 4.98 Å². The number of carboxylic acid groups (broad SMARTS) is 1. The van der Waals surface area contributed by atoms with Crippen LogP contribution in [-0.4, -0.2) is 35.8 Å². The predicted molar refractivity (Wildman–Crippen MR) is 79.6 cm³/mol. The number of ether oxygens (including phenoxy) is 1. The number of carboxylic acids is 1. The van der Waals surface area contributed by atoms with E-state index in [2.05, 4.69) is 17.2 Å². The van der Waals surface area contributed by atoms with Gasteiger partial charge in [0.05, 0.1) is 18.3 Å². The fraction of sp³-hybridized carbons (Fsp3) is 0.714. The number of aliphatic carboxylic acids is 1. The van der Waals surface area contributed by atoms with E-state index in [9.17, 15) is 9.90 Å². The van der Waals surface area contributed by atoms with Gasteiger partial charge in [-0.15, -0.1) is 11.3 Å². The van der Waals surface area contributed by atoms with Gasteiger partial charge >= 0.3 is 5.97 Å². The molecule has 1 aliphatic carbocycles. The first-order chi connectivity index (χ1) is 9.65. The van der Waals surface area contributed by atoms with Crippen LogP contribution < -0.4 is 5.32 Å². The lowest BCUT2D eigenvalue weighted by molar-refractivity contribution is -0.139. The molecule has 0 radical (unpaired) electrons. The topological polar surface area (TPSA) is 71.5 Å². The molecule has 1 aromatic heterocycles. The Labute approximate surface area is 123 Å². The van der Waals surface area contributed by atoms with Gasteiger partial charge in [0.15, 0.2) is 5.13 Å². The van der Waals surface area contributed by atoms with Gasteiger partial charge in [0.1, 0.15) is 5.92 Å². The average Bonchev–Trinajstić information content (AvgIpc) is 2.81. The molecule has 1 aromatic rings. The Kier molecular flexibility index (Phi) is 5.37. The number of hydrogen-bond donors (Lipinski definition) is 2. The molecule has 112 valence electrons. The Morgan fingerprint density at radius 1 is 1.65 bits per heavy atom. The van der Waals surface area contributed by atoms with E-state index in [1.165, 1.54) is 0 Å². The minimum atomic E-state index is -0.759. The minimum absolute atomic E-state index is 0.237. The number of fused-ring (bicyclic) bond motifs is 1. The zero-order valence-corrected chi connectivity index (χ0v) is 12.8. The maximum atomic E-state index is 11.3. The van der Waals surface area contributed by atoms with Crippen molar-refractivity contribution in [3.63, 3.8) is 0 Å². The third kappa shape index (κ3) is 3.49. The highest BCUT2D eigenvalue weighted by atomic mass is 32.1. The van der Waals surface area contributed by atoms with Crippen LogP contribution in [0.5, 0.6) is 0 Å². The van der Waals surface area contributed by atoms with Crippen molar-refractivity contribution < 1.29 is 14.6 Å². The summed E-state index contributed by atoms with van der Waals surface area (Å²) in [5.74, 6) is -1.19. The molecule has 0 fully saturated rings. The molecule has 6 heteroatoms. The van der Waals surface area contributed by atoms with Crippen molar-refractivity contribution in [3.05, 3.63) is 10.6 Å². The Hall–Kier alpha value is -1.14. The normalized spacial score (nSPS) is 19.4. The molecule has 2 atom stereocenters. The fourth-order valence-electron chi connectivity index (χ4n) is 2.64. The summed E-state index contributed by atoms with van der Waals surface area (Å²) < 4.78 is 5.21. The molecule has 0 spiro atoms. The van der Waals surface area contributed by atoms with Crippen LogP contribution in [0.15, 0.2) is 0 Å². The number of hydrogen-bond acceptors (Lipinski definition) is 5. The molecular weight excluding hydrogens is 276 g/mol. The monoisotopic (exact) mass is 298 g/mol. The quantitative estimate of drug-likeness (QED) is 0.810. The highest BCUT2D eigenvalue weighted by Crippen LogP contribution is 2.37. The number of thiazole rings is 1. The number of nitrogens with one attached hydrogen (secondary N) is 1. The first-order valence-corrected chi connectivity index (χ1v) is 7.95. The highest BCUT2D eigenvalue weighted by Gasteiger charge is 2.30. The van der Waals surface area contributed by atoms with Crippen LogP contribution in [-0.2, 0) is 16.0 Å². The molecule has 0 saturated heterocycles. The van der Waals surface area contributed by atoms with E-state index in [-0.39, 0.29) is 6.04 Å². The second-order valence-electron chi connectivity index (χ2n) is 5.20. The first-order valence-electron chi connectivity index (χ1n) is 7.13. The van der Waals surface area contributed by atoms with Gasteiger partial charge in [0.25, 0.3) is 0 Å². The number of nitrogens with zero attached hydrogens (tertiary/aromatic N) is 1. The number of rotatable bonds is 7. The van der Waals surface area contributed by atoms with Crippen molar-refractivity contribution in [1.29, 1.82) is 0 Å². The summed E-state index contributed by atoms with van der Waals surface area (Å²) in [7, 11) is 1.69. The van der Waals surface area contributed by atoms with E-state index in [0.29, 0.717) is 13.0 Å². The summed E-state index contributed by atoms with van der Waals surface area (Å²) in [5.41, 5.74) is 0.768. The maximum absolute atomic E-state index is 11.3. The van der Waals surface area contributed by atoms with Crippen LogP contribution in [0.2, 0.25) is 0 Å². The van der Waals surface area contributed by atoms with Crippen molar-refractivity contribution in [2.45, 2.75) is 51.0 Å². The lowest BCUT2D eigenvalue weighted by Gasteiger charge is -2.16. The second-order valence-corrected chi connectivity index (χ2v) is 6.28. The van der Waals surface area contributed by atoms with Gasteiger partial charge in [-0.05, 0) is 25.7 Å². The standard InChI is InChI=1S/C14H22N2O3S/c1-3-5-9(8-19-2)15-14-16-12-10(13(17)18)6-4-7-11(12)20-14/h9-10H,3-8H2,1-2H3,(H,15,16)(H,17,18). The summed E-state index contributed by atoms with van der Waals surface area (Å²) in [6.45, 7) is 2.78. The molecule has 1 heterocycles. The minimum Gasteiger partial charge on any atom is -0.481 e. The van der Waals surface area contributed by atoms with Crippen LogP contribution in [0.4, 0.5) is 5.13 Å². The second kappa shape index (κ2) is 7.04. The smallest absolute Gasteiger partial charge is 0.312 e. The van der Waals surface area contributed by atoms with Crippen LogP contribution in [0, 0.1) is 0 Å². The van der Waals surface area contributed by atoms with Gasteiger partial charge in [-0.3, -0.25) is 4.79 Å². The van der Waals surface area contributed by atoms with E-state index in [0.717, 1.165) is 41.4 Å². The highest BCUT2D eigenvalue weighted by molar-refractivity contribution is 7.15. The van der Waals surface area contributed by atoms with Gasteiger partial charge in [-0.25, -0.2) is 4.98 Å². The Bertz CT molecular complexity index is 455. The summed E-state index contributed by atoms with van der Waals surface area (Å²) in [6.07, 6.45) is 4.66. The molecule has 0 amide bonds. The number of anilines is 1. The van der Waals surface area contributed by atoms with Crippen molar-refractivity contribution in [3.8, 4) is 0 Å². The zero-order valence-electron chi connectivity index (χ0n) is 12.0. The Morgan fingerprint density at radius 2 is 2.45 bits per heavy atom. The summed E-state index contributed by atoms with van der Waals surface area (Å²) in [5, 5.41) is 13.5. The molecule has 1 aliphatic rings. The molecule has 0 aromatic carbocycles. The fourth-order valence-corrected chi connectivity index (χ4v) is 3.78. The van der Waals surface area contributed by atoms with Gasteiger partial charge < -0.3 is 15.2 Å². The number of aromatic nitrogens is 1. The summed E-state index contributed by atoms with van der Waals surface area (Å²) in [4.78, 5) is 16.9. The van der Waals surface area contributed by atoms with Crippen LogP contribution in [0.1, 0.15) is 49.1 Å². The van der Waals surface area contributed by atoms with Crippen LogP contribution in [0.25, 0.3) is 0 Å². The summed E-state index contributed by atoms with van der Waals surface area (Å²) >= 11 is 1.60. The molecule has 2 unspecified atom stereocenters. The predicted octanol–water partition coefficient (Wildman–Crippen LogP) is 2.87. The van der Waals surface area contributed by atoms with Crippen LogP contribution >= 0.6 is 11.3 Å². The van der Waals surface area contributed by atoms with Gasteiger partial charge in [0, 0.05) is 12.0 Å². The van der Waals surface area contributed by atoms with E-state index in [1.807, 2.05) is 0 Å². The van der Waals surface area contributed by atoms with E-state index in [4.69, 9.17) is 4.74 Å². The molecule has 0 bridgehead atoms. The third-order valence-corrected chi connectivity index (χ3v) is 4.65. The summed E-state index contributed by atoms with van der Waals surface area (Å²) in [6, 6.07) is 0.237. The van der Waals surface area contributed by atoms with Crippen molar-refractivity contribution >= 4 is 22.4 Å². The number of methoxy groups -OCH3 is 1. The SMILES string of the molecule is CCCC(COC)Nc1nc2c(s1)CCCC2C(=O)O. The first kappa shape index (κ1) is 15.3. The zero-order chi connectivity index (χ0) is 14.5. The number of carbonyl (C=O) groups is 1. The Morgan fingerprint density at radius 3 is 3.10 bits per heavy atom. The largest absolute Gasteiger partial charge is 0.481 e. The average molecular weight is 298 g/mol. The van der Waals surface area contributed by atoms with Crippen LogP contribution in [0.3, 0.4) is 0 Å². The van der Waals surface area contributed by atoms with Gasteiger partial charge in [-0.2, -0.15) is 0 Å². The maximum Gasteiger partial charge on any atom is 0.312 e. The van der Waals surface area contributed by atoms with Gasteiger partial charge in [0.2, 0.25) is 0 Å². The molecule has 20 heavy (non-hydrogen) atoms. The lowest BCUT2D eigenvalue weighted by Crippen LogP contribution is -2.24.